The Morgan fingerprint density at radius 3 is 2.79 bits per heavy atom. The fourth-order valence-corrected chi connectivity index (χ4v) is 1.65. The van der Waals surface area contributed by atoms with Gasteiger partial charge in [-0.2, -0.15) is 10.2 Å². The van der Waals surface area contributed by atoms with Gasteiger partial charge in [0.25, 0.3) is 0 Å². The van der Waals surface area contributed by atoms with Crippen molar-refractivity contribution in [3.8, 4) is 0 Å². The van der Waals surface area contributed by atoms with E-state index in [9.17, 15) is 13.9 Å². The number of aliphatic hydroxyl groups excluding tert-OH is 1. The normalized spacial score (nSPS) is 12.4. The van der Waals surface area contributed by atoms with E-state index in [2.05, 4.69) is 15.5 Å². The summed E-state index contributed by atoms with van der Waals surface area (Å²) in [5.41, 5.74) is 0.780. The zero-order valence-electron chi connectivity index (χ0n) is 10.1. The molecule has 0 fully saturated rings. The van der Waals surface area contributed by atoms with E-state index in [4.69, 9.17) is 0 Å². The molecular formula is C13H13F2N3O. The van der Waals surface area contributed by atoms with Crippen LogP contribution in [-0.4, -0.2) is 21.8 Å². The molecule has 0 saturated heterocycles. The predicted octanol–water partition coefficient (Wildman–Crippen LogP) is 1.58. The van der Waals surface area contributed by atoms with Crippen molar-refractivity contribution in [2.75, 3.05) is 6.54 Å². The average Bonchev–Trinajstić information content (AvgIpc) is 2.39. The summed E-state index contributed by atoms with van der Waals surface area (Å²) in [4.78, 5) is 0. The van der Waals surface area contributed by atoms with Crippen LogP contribution in [0.4, 0.5) is 8.78 Å². The molecule has 0 aliphatic carbocycles. The van der Waals surface area contributed by atoms with E-state index in [0.29, 0.717) is 12.2 Å². The number of hydrogen-bond donors (Lipinski definition) is 2. The second-order valence-corrected chi connectivity index (χ2v) is 4.03. The molecule has 0 aliphatic rings. The van der Waals surface area contributed by atoms with Gasteiger partial charge in [-0.15, -0.1) is 0 Å². The Kier molecular flexibility index (Phi) is 4.48. The molecule has 0 saturated carbocycles. The molecule has 100 valence electrons. The van der Waals surface area contributed by atoms with E-state index in [-0.39, 0.29) is 12.1 Å². The number of rotatable bonds is 5. The SMILES string of the molecule is OC(CNCc1cccnn1)c1ccc(F)cc1F. The average molecular weight is 265 g/mol. The molecule has 4 nitrogen and oxygen atoms in total. The zero-order chi connectivity index (χ0) is 13.7. The van der Waals surface area contributed by atoms with E-state index in [0.717, 1.165) is 12.1 Å². The van der Waals surface area contributed by atoms with Gasteiger partial charge in [0.1, 0.15) is 11.6 Å². The van der Waals surface area contributed by atoms with Crippen molar-refractivity contribution in [1.82, 2.24) is 15.5 Å². The Morgan fingerprint density at radius 2 is 2.11 bits per heavy atom. The Bertz CT molecular complexity index is 537. The van der Waals surface area contributed by atoms with Gasteiger partial charge in [-0.25, -0.2) is 8.78 Å². The summed E-state index contributed by atoms with van der Waals surface area (Å²) in [6.45, 7) is 0.548. The lowest BCUT2D eigenvalue weighted by Crippen LogP contribution is -2.22. The highest BCUT2D eigenvalue weighted by Gasteiger charge is 2.13. The molecule has 1 unspecified atom stereocenters. The molecule has 1 aromatic heterocycles. The van der Waals surface area contributed by atoms with Gasteiger partial charge in [-0.1, -0.05) is 6.07 Å². The molecule has 0 radical (unpaired) electrons. The molecule has 2 aromatic rings. The maximum atomic E-state index is 13.4. The van der Waals surface area contributed by atoms with E-state index in [1.165, 1.54) is 6.07 Å². The number of nitrogens with zero attached hydrogens (tertiary/aromatic N) is 2. The van der Waals surface area contributed by atoms with Crippen molar-refractivity contribution in [2.45, 2.75) is 12.6 Å². The second-order valence-electron chi connectivity index (χ2n) is 4.03. The van der Waals surface area contributed by atoms with Crippen LogP contribution < -0.4 is 5.32 Å². The fraction of sp³-hybridized carbons (Fsp3) is 0.231. The first-order valence-electron chi connectivity index (χ1n) is 5.77. The molecule has 2 rings (SSSR count). The van der Waals surface area contributed by atoms with E-state index < -0.39 is 17.7 Å². The van der Waals surface area contributed by atoms with Crippen molar-refractivity contribution >= 4 is 0 Å². The van der Waals surface area contributed by atoms with Crippen LogP contribution in [0.1, 0.15) is 17.4 Å². The molecular weight excluding hydrogens is 252 g/mol. The lowest BCUT2D eigenvalue weighted by molar-refractivity contribution is 0.169. The van der Waals surface area contributed by atoms with E-state index in [1.807, 2.05) is 0 Å². The summed E-state index contributed by atoms with van der Waals surface area (Å²) in [5, 5.41) is 20.3. The minimum Gasteiger partial charge on any atom is -0.387 e. The third kappa shape index (κ3) is 3.77. The minimum atomic E-state index is -1.04. The molecule has 0 aliphatic heterocycles. The summed E-state index contributed by atoms with van der Waals surface area (Å²) in [7, 11) is 0. The Morgan fingerprint density at radius 1 is 1.26 bits per heavy atom. The van der Waals surface area contributed by atoms with Gasteiger partial charge in [-0.3, -0.25) is 0 Å². The second kappa shape index (κ2) is 6.31. The largest absolute Gasteiger partial charge is 0.387 e. The molecule has 1 heterocycles. The first-order valence-corrected chi connectivity index (χ1v) is 5.77. The summed E-state index contributed by atoms with van der Waals surface area (Å²) >= 11 is 0. The minimum absolute atomic E-state index is 0.0630. The van der Waals surface area contributed by atoms with Crippen LogP contribution in [-0.2, 0) is 6.54 Å². The van der Waals surface area contributed by atoms with Crippen LogP contribution in [0.5, 0.6) is 0 Å². The lowest BCUT2D eigenvalue weighted by Gasteiger charge is -2.12. The predicted molar refractivity (Wildman–Crippen MR) is 65.1 cm³/mol. The Hall–Kier alpha value is -1.92. The van der Waals surface area contributed by atoms with Crippen LogP contribution in [0.2, 0.25) is 0 Å². The molecule has 1 aromatic carbocycles. The first kappa shape index (κ1) is 13.5. The van der Waals surface area contributed by atoms with Gasteiger partial charge in [0.2, 0.25) is 0 Å². The molecule has 19 heavy (non-hydrogen) atoms. The summed E-state index contributed by atoms with van der Waals surface area (Å²) < 4.78 is 26.1. The topological polar surface area (TPSA) is 58.0 Å². The quantitative estimate of drug-likeness (QED) is 0.861. The third-order valence-electron chi connectivity index (χ3n) is 2.59. The van der Waals surface area contributed by atoms with Gasteiger partial charge in [0.05, 0.1) is 11.8 Å². The molecule has 2 N–H and O–H groups in total. The standard InChI is InChI=1S/C13H13F2N3O/c14-9-3-4-11(12(15)6-9)13(19)8-16-7-10-2-1-5-17-18-10/h1-6,13,16,19H,7-8H2. The van der Waals surface area contributed by atoms with Gasteiger partial charge in [-0.05, 0) is 18.2 Å². The van der Waals surface area contributed by atoms with Crippen LogP contribution in [0, 0.1) is 11.6 Å². The van der Waals surface area contributed by atoms with E-state index >= 15 is 0 Å². The highest BCUT2D eigenvalue weighted by molar-refractivity contribution is 5.21. The fourth-order valence-electron chi connectivity index (χ4n) is 1.65. The number of hydrogen-bond acceptors (Lipinski definition) is 4. The highest BCUT2D eigenvalue weighted by atomic mass is 19.1. The van der Waals surface area contributed by atoms with Gasteiger partial charge < -0.3 is 10.4 Å². The van der Waals surface area contributed by atoms with Crippen molar-refractivity contribution in [3.63, 3.8) is 0 Å². The van der Waals surface area contributed by atoms with E-state index in [1.54, 1.807) is 18.3 Å². The lowest BCUT2D eigenvalue weighted by atomic mass is 10.1. The summed E-state index contributed by atoms with van der Waals surface area (Å²) in [6, 6.07) is 6.63. The summed E-state index contributed by atoms with van der Waals surface area (Å²) in [5.74, 6) is -1.42. The summed E-state index contributed by atoms with van der Waals surface area (Å²) in [6.07, 6.45) is 0.518. The monoisotopic (exact) mass is 265 g/mol. The smallest absolute Gasteiger partial charge is 0.131 e. The molecule has 0 bridgehead atoms. The maximum Gasteiger partial charge on any atom is 0.131 e. The first-order chi connectivity index (χ1) is 9.16. The molecule has 1 atom stereocenters. The number of nitrogens with one attached hydrogen (secondary N) is 1. The number of benzene rings is 1. The zero-order valence-corrected chi connectivity index (χ0v) is 10.1. The van der Waals surface area contributed by atoms with Crippen molar-refractivity contribution in [2.24, 2.45) is 0 Å². The van der Waals surface area contributed by atoms with Crippen molar-refractivity contribution < 1.29 is 13.9 Å². The van der Waals surface area contributed by atoms with Gasteiger partial charge in [0.15, 0.2) is 0 Å². The number of aromatic nitrogens is 2. The Labute approximate surface area is 109 Å². The van der Waals surface area contributed by atoms with Crippen molar-refractivity contribution in [1.29, 1.82) is 0 Å². The van der Waals surface area contributed by atoms with Gasteiger partial charge in [0, 0.05) is 30.9 Å². The maximum absolute atomic E-state index is 13.4. The number of halogens is 2. The van der Waals surface area contributed by atoms with Crippen LogP contribution in [0.3, 0.4) is 0 Å². The Balaban J connectivity index is 1.89. The molecule has 0 spiro atoms. The van der Waals surface area contributed by atoms with Gasteiger partial charge >= 0.3 is 0 Å². The van der Waals surface area contributed by atoms with Crippen LogP contribution in [0.25, 0.3) is 0 Å². The van der Waals surface area contributed by atoms with Crippen molar-refractivity contribution in [3.05, 3.63) is 59.4 Å². The third-order valence-corrected chi connectivity index (χ3v) is 2.59. The number of aliphatic hydroxyl groups is 1. The molecule has 0 amide bonds. The van der Waals surface area contributed by atoms with Crippen LogP contribution >= 0.6 is 0 Å². The van der Waals surface area contributed by atoms with Crippen LogP contribution in [0.15, 0.2) is 36.5 Å². The highest BCUT2D eigenvalue weighted by Crippen LogP contribution is 2.17. The molecule has 6 heteroatoms.